The van der Waals surface area contributed by atoms with E-state index in [1.165, 1.54) is 39.2 Å². The van der Waals surface area contributed by atoms with E-state index in [-0.39, 0.29) is 11.1 Å². The van der Waals surface area contributed by atoms with Gasteiger partial charge in [0.1, 0.15) is 11.8 Å². The summed E-state index contributed by atoms with van der Waals surface area (Å²) in [4.78, 5) is 50.8. The Bertz CT molecular complexity index is 1000. The number of hydrogen-bond donors (Lipinski definition) is 1. The fourth-order valence-electron chi connectivity index (χ4n) is 3.00. The standard InChI is InChI=1S/C21H19ClN2O6/c1-11(24-19(26)14-6-4-5-7-15(14)20(24)27)21(28)30-12(2)18(25)23-16-10-13(22)8-9-17(16)29-3/h4-12H,1-3H3,(H,23,25)/t11-,12-/m1/s1. The lowest BCUT2D eigenvalue weighted by molar-refractivity contribution is -0.156. The summed E-state index contributed by atoms with van der Waals surface area (Å²) in [7, 11) is 1.44. The van der Waals surface area contributed by atoms with Gasteiger partial charge in [0, 0.05) is 5.02 Å². The highest BCUT2D eigenvalue weighted by molar-refractivity contribution is 6.31. The van der Waals surface area contributed by atoms with E-state index in [1.807, 2.05) is 0 Å². The Morgan fingerprint density at radius 3 is 2.20 bits per heavy atom. The Kier molecular flexibility index (Phi) is 6.07. The Morgan fingerprint density at radius 1 is 1.03 bits per heavy atom. The van der Waals surface area contributed by atoms with Crippen molar-refractivity contribution in [1.82, 2.24) is 4.90 Å². The van der Waals surface area contributed by atoms with Crippen LogP contribution in [0.15, 0.2) is 42.5 Å². The zero-order chi connectivity index (χ0) is 22.0. The van der Waals surface area contributed by atoms with Gasteiger partial charge in [0.15, 0.2) is 6.10 Å². The maximum Gasteiger partial charge on any atom is 0.329 e. The molecule has 8 nitrogen and oxygen atoms in total. The van der Waals surface area contributed by atoms with Crippen LogP contribution in [0.2, 0.25) is 5.02 Å². The number of carbonyl (C=O) groups excluding carboxylic acids is 4. The van der Waals surface area contributed by atoms with Gasteiger partial charge >= 0.3 is 5.97 Å². The minimum atomic E-state index is -1.20. The SMILES string of the molecule is COc1ccc(Cl)cc1NC(=O)[C@@H](C)OC(=O)[C@@H](C)N1C(=O)c2ccccc2C1=O. The Labute approximate surface area is 177 Å². The Morgan fingerprint density at radius 2 is 1.63 bits per heavy atom. The molecule has 1 aliphatic rings. The largest absolute Gasteiger partial charge is 0.495 e. The van der Waals surface area contributed by atoms with Crippen molar-refractivity contribution < 1.29 is 28.7 Å². The van der Waals surface area contributed by atoms with Crippen LogP contribution in [-0.4, -0.2) is 47.8 Å². The number of amides is 3. The van der Waals surface area contributed by atoms with E-state index < -0.39 is 35.8 Å². The lowest BCUT2D eigenvalue weighted by Gasteiger charge is -2.23. The van der Waals surface area contributed by atoms with Gasteiger partial charge in [-0.2, -0.15) is 0 Å². The molecule has 2 aromatic rings. The molecule has 0 spiro atoms. The minimum Gasteiger partial charge on any atom is -0.495 e. The summed E-state index contributed by atoms with van der Waals surface area (Å²) in [6, 6.07) is 9.77. The van der Waals surface area contributed by atoms with E-state index >= 15 is 0 Å². The molecule has 2 atom stereocenters. The molecule has 30 heavy (non-hydrogen) atoms. The molecule has 0 unspecified atom stereocenters. The van der Waals surface area contributed by atoms with Crippen LogP contribution >= 0.6 is 11.6 Å². The van der Waals surface area contributed by atoms with Crippen LogP contribution in [0.25, 0.3) is 0 Å². The predicted molar refractivity (Wildman–Crippen MR) is 109 cm³/mol. The molecule has 0 saturated heterocycles. The molecule has 3 rings (SSSR count). The average Bonchev–Trinajstić information content (AvgIpc) is 2.98. The summed E-state index contributed by atoms with van der Waals surface area (Å²) < 4.78 is 10.3. The first-order valence-corrected chi connectivity index (χ1v) is 9.44. The second kappa shape index (κ2) is 8.54. The van der Waals surface area contributed by atoms with E-state index in [0.29, 0.717) is 16.5 Å². The molecule has 0 saturated carbocycles. The molecule has 1 heterocycles. The second-order valence-corrected chi connectivity index (χ2v) is 7.05. The van der Waals surface area contributed by atoms with Gasteiger partial charge in [0.2, 0.25) is 0 Å². The van der Waals surface area contributed by atoms with Gasteiger partial charge in [-0.1, -0.05) is 23.7 Å². The number of carbonyl (C=O) groups is 4. The van der Waals surface area contributed by atoms with Gasteiger partial charge in [0.25, 0.3) is 17.7 Å². The van der Waals surface area contributed by atoms with Gasteiger partial charge < -0.3 is 14.8 Å². The van der Waals surface area contributed by atoms with Crippen LogP contribution in [0, 0.1) is 0 Å². The smallest absolute Gasteiger partial charge is 0.329 e. The number of fused-ring (bicyclic) bond motifs is 1. The van der Waals surface area contributed by atoms with E-state index in [2.05, 4.69) is 5.32 Å². The van der Waals surface area contributed by atoms with Crippen LogP contribution in [0.4, 0.5) is 5.69 Å². The van der Waals surface area contributed by atoms with Gasteiger partial charge in [-0.05, 0) is 44.2 Å². The van der Waals surface area contributed by atoms with Crippen molar-refractivity contribution in [3.05, 3.63) is 58.6 Å². The van der Waals surface area contributed by atoms with E-state index in [9.17, 15) is 19.2 Å². The number of ether oxygens (including phenoxy) is 2. The summed E-state index contributed by atoms with van der Waals surface area (Å²) in [5.41, 5.74) is 0.758. The first-order valence-electron chi connectivity index (χ1n) is 9.06. The number of anilines is 1. The average molecular weight is 431 g/mol. The Balaban J connectivity index is 1.67. The third kappa shape index (κ3) is 3.99. The number of halogens is 1. The summed E-state index contributed by atoms with van der Waals surface area (Å²) in [5, 5.41) is 2.96. The zero-order valence-electron chi connectivity index (χ0n) is 16.5. The third-order valence-corrected chi connectivity index (χ3v) is 4.87. The third-order valence-electron chi connectivity index (χ3n) is 4.64. The fraction of sp³-hybridized carbons (Fsp3) is 0.238. The molecule has 0 aromatic heterocycles. The number of esters is 1. The predicted octanol–water partition coefficient (Wildman–Crippen LogP) is 2.90. The highest BCUT2D eigenvalue weighted by atomic mass is 35.5. The minimum absolute atomic E-state index is 0.223. The van der Waals surface area contributed by atoms with Crippen molar-refractivity contribution in [2.24, 2.45) is 0 Å². The molecule has 1 N–H and O–H groups in total. The molecule has 1 aliphatic heterocycles. The van der Waals surface area contributed by atoms with E-state index in [1.54, 1.807) is 24.3 Å². The van der Waals surface area contributed by atoms with Crippen molar-refractivity contribution in [3.8, 4) is 5.75 Å². The molecule has 0 fully saturated rings. The first kappa shape index (κ1) is 21.3. The summed E-state index contributed by atoms with van der Waals surface area (Å²) in [6.07, 6.45) is -1.20. The molecule has 0 bridgehead atoms. The molecule has 0 radical (unpaired) electrons. The van der Waals surface area contributed by atoms with Gasteiger partial charge in [-0.3, -0.25) is 19.3 Å². The van der Waals surface area contributed by atoms with Crippen LogP contribution in [0.5, 0.6) is 5.75 Å². The fourth-order valence-corrected chi connectivity index (χ4v) is 3.18. The van der Waals surface area contributed by atoms with Crippen molar-refractivity contribution >= 4 is 41.0 Å². The lowest BCUT2D eigenvalue weighted by Crippen LogP contribution is -2.45. The lowest BCUT2D eigenvalue weighted by atomic mass is 10.1. The molecule has 156 valence electrons. The monoisotopic (exact) mass is 430 g/mol. The number of nitrogens with zero attached hydrogens (tertiary/aromatic N) is 1. The van der Waals surface area contributed by atoms with Gasteiger partial charge in [0.05, 0.1) is 23.9 Å². The zero-order valence-corrected chi connectivity index (χ0v) is 17.2. The number of nitrogens with one attached hydrogen (secondary N) is 1. The molecule has 0 aliphatic carbocycles. The Hall–Kier alpha value is -3.39. The number of benzene rings is 2. The maximum atomic E-state index is 12.5. The second-order valence-electron chi connectivity index (χ2n) is 6.61. The van der Waals surface area contributed by atoms with Crippen molar-refractivity contribution in [2.45, 2.75) is 26.0 Å². The van der Waals surface area contributed by atoms with Crippen LogP contribution in [0.1, 0.15) is 34.6 Å². The summed E-state index contributed by atoms with van der Waals surface area (Å²) >= 11 is 5.94. The normalized spacial score (nSPS) is 14.7. The van der Waals surface area contributed by atoms with Crippen molar-refractivity contribution in [3.63, 3.8) is 0 Å². The molecular formula is C21H19ClN2O6. The van der Waals surface area contributed by atoms with Gasteiger partial charge in [-0.25, -0.2) is 4.79 Å². The van der Waals surface area contributed by atoms with E-state index in [0.717, 1.165) is 4.90 Å². The van der Waals surface area contributed by atoms with E-state index in [4.69, 9.17) is 21.1 Å². The van der Waals surface area contributed by atoms with Gasteiger partial charge in [-0.15, -0.1) is 0 Å². The maximum absolute atomic E-state index is 12.5. The highest BCUT2D eigenvalue weighted by Crippen LogP contribution is 2.28. The first-order chi connectivity index (χ1) is 14.2. The number of methoxy groups -OCH3 is 1. The van der Waals surface area contributed by atoms with Crippen LogP contribution in [0.3, 0.4) is 0 Å². The number of hydrogen-bond acceptors (Lipinski definition) is 6. The topological polar surface area (TPSA) is 102 Å². The van der Waals surface area contributed by atoms with Crippen LogP contribution < -0.4 is 10.1 Å². The van der Waals surface area contributed by atoms with Crippen molar-refractivity contribution in [1.29, 1.82) is 0 Å². The van der Waals surface area contributed by atoms with Crippen LogP contribution in [-0.2, 0) is 14.3 Å². The number of rotatable bonds is 6. The highest BCUT2D eigenvalue weighted by Gasteiger charge is 2.41. The summed E-state index contributed by atoms with van der Waals surface area (Å²) in [5.74, 6) is -2.30. The molecule has 2 aromatic carbocycles. The molecule has 9 heteroatoms. The number of imide groups is 1. The molecule has 3 amide bonds. The summed E-state index contributed by atoms with van der Waals surface area (Å²) in [6.45, 7) is 2.74. The quantitative estimate of drug-likeness (QED) is 0.558. The molecular weight excluding hydrogens is 412 g/mol. The van der Waals surface area contributed by atoms with Crippen molar-refractivity contribution in [2.75, 3.05) is 12.4 Å².